The monoisotopic (exact) mass is 807 g/mol. The highest BCUT2D eigenvalue weighted by Gasteiger charge is 2.41. The normalized spacial score (nSPS) is 17.2. The maximum Gasteiger partial charge on any atom is 0.243 e. The molecule has 1 heterocycles. The van der Waals surface area contributed by atoms with Crippen LogP contribution in [0, 0.1) is 17.8 Å². The number of benzene rings is 1. The van der Waals surface area contributed by atoms with Crippen molar-refractivity contribution in [1.29, 1.82) is 0 Å². The summed E-state index contributed by atoms with van der Waals surface area (Å²) in [7, 11) is 0. The van der Waals surface area contributed by atoms with Gasteiger partial charge in [-0.15, -0.1) is 0 Å². The zero-order chi connectivity index (χ0) is 42.8. The van der Waals surface area contributed by atoms with Gasteiger partial charge in [-0.2, -0.15) is 0 Å². The largest absolute Gasteiger partial charge is 0.394 e. The van der Waals surface area contributed by atoms with E-state index in [9.17, 15) is 58.8 Å². The molecule has 1 aromatic rings. The van der Waals surface area contributed by atoms with E-state index in [-0.39, 0.29) is 31.2 Å². The molecule has 0 radical (unpaired) electrons. The Labute approximate surface area is 330 Å². The number of hydrogen-bond acceptors (Lipinski definition) is 13. The molecule has 0 bridgehead atoms. The number of nitrogens with one attached hydrogen (secondary N) is 6. The lowest BCUT2D eigenvalue weighted by Crippen LogP contribution is -2.54. The van der Waals surface area contributed by atoms with Crippen molar-refractivity contribution >= 4 is 47.3 Å². The Kier molecular flexibility index (Phi) is 20.2. The summed E-state index contributed by atoms with van der Waals surface area (Å²) < 4.78 is 0. The van der Waals surface area contributed by atoms with Crippen LogP contribution in [-0.2, 0) is 44.8 Å². The predicted molar refractivity (Wildman–Crippen MR) is 201 cm³/mol. The van der Waals surface area contributed by atoms with Crippen LogP contribution < -0.4 is 31.9 Å². The molecule has 20 heteroatoms. The molecule has 8 amide bonds. The van der Waals surface area contributed by atoms with Crippen LogP contribution in [0.4, 0.5) is 0 Å². The standard InChI is InChI=1S/C37H57N7O13/c1-20(2)14-38-29(49)16-40-36(56)25(12-22-8-6-5-7-9-22)43-30(50)17-41-35(55)24(42-31(51)18-44-32(52)13-23(21(3)4)37(44)57)10-11-28(48)39-15-26(46)33(53)34(54)27(47)19-45/h5-9,20-21,23-27,33-34,45-47,53-54H,10-19H2,1-4H3,(H,38,49)(H,39,48)(H,40,56)(H,41,55)(H,42,51)(H,43,50)/t23?,24-,25-,26-,27+,33+,34+/m0/s1. The van der Waals surface area contributed by atoms with E-state index in [1.165, 1.54) is 0 Å². The smallest absolute Gasteiger partial charge is 0.243 e. The third-order valence-corrected chi connectivity index (χ3v) is 9.02. The minimum Gasteiger partial charge on any atom is -0.394 e. The van der Waals surface area contributed by atoms with E-state index in [1.807, 2.05) is 13.8 Å². The van der Waals surface area contributed by atoms with Gasteiger partial charge >= 0.3 is 0 Å². The molecule has 11 N–H and O–H groups in total. The van der Waals surface area contributed by atoms with Crippen molar-refractivity contribution in [2.45, 2.75) is 89.9 Å². The number of rotatable bonds is 24. The zero-order valence-electron chi connectivity index (χ0n) is 32.6. The molecule has 1 aliphatic rings. The quantitative estimate of drug-likeness (QED) is 0.0440. The van der Waals surface area contributed by atoms with E-state index in [0.717, 1.165) is 4.90 Å². The molecule has 0 spiro atoms. The molecule has 0 saturated carbocycles. The first-order chi connectivity index (χ1) is 26.8. The molecule has 318 valence electrons. The molecule has 1 unspecified atom stereocenters. The zero-order valence-corrected chi connectivity index (χ0v) is 32.6. The van der Waals surface area contributed by atoms with Crippen molar-refractivity contribution in [3.8, 4) is 0 Å². The van der Waals surface area contributed by atoms with Gasteiger partial charge in [0.05, 0.1) is 25.8 Å². The Hall–Kier alpha value is -5.02. The van der Waals surface area contributed by atoms with Gasteiger partial charge in [0, 0.05) is 38.3 Å². The summed E-state index contributed by atoms with van der Waals surface area (Å²) in [6.07, 6.45) is -8.35. The highest BCUT2D eigenvalue weighted by molar-refractivity contribution is 6.06. The predicted octanol–water partition coefficient (Wildman–Crippen LogP) is -4.43. The first-order valence-electron chi connectivity index (χ1n) is 18.7. The molecular formula is C37H57N7O13. The summed E-state index contributed by atoms with van der Waals surface area (Å²) in [5.41, 5.74) is 0.683. The third-order valence-electron chi connectivity index (χ3n) is 9.02. The van der Waals surface area contributed by atoms with E-state index in [0.29, 0.717) is 12.1 Å². The number of carbonyl (C=O) groups is 8. The summed E-state index contributed by atoms with van der Waals surface area (Å²) in [5, 5.41) is 63.0. The summed E-state index contributed by atoms with van der Waals surface area (Å²) in [5.74, 6) is -6.32. The van der Waals surface area contributed by atoms with Gasteiger partial charge < -0.3 is 57.4 Å². The van der Waals surface area contributed by atoms with Crippen LogP contribution in [-0.4, -0.2) is 154 Å². The molecule has 0 aliphatic carbocycles. The van der Waals surface area contributed by atoms with Crippen molar-refractivity contribution in [2.24, 2.45) is 17.8 Å². The molecule has 1 fully saturated rings. The second-order valence-corrected chi connectivity index (χ2v) is 14.6. The van der Waals surface area contributed by atoms with Crippen LogP contribution in [0.1, 0.15) is 52.5 Å². The van der Waals surface area contributed by atoms with E-state index in [1.54, 1.807) is 44.2 Å². The van der Waals surface area contributed by atoms with Gasteiger partial charge in [0.2, 0.25) is 47.3 Å². The highest BCUT2D eigenvalue weighted by atomic mass is 16.4. The molecule has 20 nitrogen and oxygen atoms in total. The van der Waals surface area contributed by atoms with E-state index in [2.05, 4.69) is 31.9 Å². The van der Waals surface area contributed by atoms with Gasteiger partial charge in [-0.3, -0.25) is 43.3 Å². The SMILES string of the molecule is CC(C)CNC(=O)CNC(=O)[C@H](Cc1ccccc1)NC(=O)CNC(=O)[C@H](CCC(=O)NC[C@H](O)[C@@H](O)[C@H](O)[C@H](O)CO)NC(=O)CN1C(=O)CC(C(C)C)C1=O. The van der Waals surface area contributed by atoms with Crippen LogP contribution in [0.25, 0.3) is 0 Å². The first kappa shape index (κ1) is 48.1. The summed E-state index contributed by atoms with van der Waals surface area (Å²) >= 11 is 0. The molecule has 2 rings (SSSR count). The van der Waals surface area contributed by atoms with Gasteiger partial charge in [0.1, 0.15) is 36.9 Å². The number of carbonyl (C=O) groups excluding carboxylic acids is 8. The Morgan fingerprint density at radius 1 is 0.719 bits per heavy atom. The summed E-state index contributed by atoms with van der Waals surface area (Å²) in [4.78, 5) is 104. The van der Waals surface area contributed by atoms with Gasteiger partial charge in [-0.25, -0.2) is 0 Å². The molecule has 1 saturated heterocycles. The molecule has 1 aromatic carbocycles. The van der Waals surface area contributed by atoms with E-state index in [4.69, 9.17) is 5.11 Å². The molecule has 1 aliphatic heterocycles. The average Bonchev–Trinajstić information content (AvgIpc) is 3.46. The van der Waals surface area contributed by atoms with Crippen molar-refractivity contribution < 1.29 is 63.9 Å². The number of aliphatic hydroxyl groups is 5. The maximum absolute atomic E-state index is 13.4. The third kappa shape index (κ3) is 16.5. The van der Waals surface area contributed by atoms with Crippen LogP contribution in [0.2, 0.25) is 0 Å². The van der Waals surface area contributed by atoms with Gasteiger partial charge in [-0.05, 0) is 23.8 Å². The average molecular weight is 808 g/mol. The molecule has 7 atom stereocenters. The second-order valence-electron chi connectivity index (χ2n) is 14.6. The number of aliphatic hydroxyl groups excluding tert-OH is 5. The van der Waals surface area contributed by atoms with Gasteiger partial charge in [-0.1, -0.05) is 58.0 Å². The topological polar surface area (TPSA) is 313 Å². The lowest BCUT2D eigenvalue weighted by atomic mass is 9.94. The van der Waals surface area contributed by atoms with E-state index < -0.39 is 129 Å². The Morgan fingerprint density at radius 2 is 1.28 bits per heavy atom. The van der Waals surface area contributed by atoms with Crippen molar-refractivity contribution in [3.05, 3.63) is 35.9 Å². The molecule has 57 heavy (non-hydrogen) atoms. The number of likely N-dealkylation sites (tertiary alicyclic amines) is 1. The van der Waals surface area contributed by atoms with Crippen LogP contribution in [0.5, 0.6) is 0 Å². The fraction of sp³-hybridized carbons (Fsp3) is 0.622. The first-order valence-corrected chi connectivity index (χ1v) is 18.7. The van der Waals surface area contributed by atoms with Crippen molar-refractivity contribution in [2.75, 3.05) is 39.3 Å². The Bertz CT molecular complexity index is 1540. The fourth-order valence-electron chi connectivity index (χ4n) is 5.58. The highest BCUT2D eigenvalue weighted by Crippen LogP contribution is 2.26. The lowest BCUT2D eigenvalue weighted by molar-refractivity contribution is -0.143. The number of amides is 8. The van der Waals surface area contributed by atoms with Crippen LogP contribution in [0.15, 0.2) is 30.3 Å². The van der Waals surface area contributed by atoms with Gasteiger partial charge in [0.25, 0.3) is 0 Å². The minimum atomic E-state index is -1.95. The molecule has 0 aromatic heterocycles. The van der Waals surface area contributed by atoms with Gasteiger partial charge in [0.15, 0.2) is 0 Å². The van der Waals surface area contributed by atoms with Crippen LogP contribution >= 0.6 is 0 Å². The van der Waals surface area contributed by atoms with E-state index >= 15 is 0 Å². The molecular weight excluding hydrogens is 750 g/mol. The Morgan fingerprint density at radius 3 is 1.86 bits per heavy atom. The van der Waals surface area contributed by atoms with Crippen LogP contribution in [0.3, 0.4) is 0 Å². The van der Waals surface area contributed by atoms with Crippen molar-refractivity contribution in [1.82, 2.24) is 36.8 Å². The number of hydrogen-bond donors (Lipinski definition) is 11. The Balaban J connectivity index is 2.12. The lowest BCUT2D eigenvalue weighted by Gasteiger charge is -2.25. The fourth-order valence-corrected chi connectivity index (χ4v) is 5.58. The van der Waals surface area contributed by atoms with Crippen molar-refractivity contribution in [3.63, 3.8) is 0 Å². The number of imide groups is 1. The summed E-state index contributed by atoms with van der Waals surface area (Å²) in [6.45, 7) is 4.43. The second kappa shape index (κ2) is 23.9. The summed E-state index contributed by atoms with van der Waals surface area (Å²) in [6, 6.07) is 6.02. The minimum absolute atomic E-state index is 0.0338. The number of nitrogens with zero attached hydrogens (tertiary/aromatic N) is 1. The maximum atomic E-state index is 13.4.